The van der Waals surface area contributed by atoms with Crippen molar-refractivity contribution in [3.8, 4) is 5.75 Å². The van der Waals surface area contributed by atoms with Gasteiger partial charge in [-0.05, 0) is 54.9 Å². The lowest BCUT2D eigenvalue weighted by molar-refractivity contribution is -0.132. The van der Waals surface area contributed by atoms with Gasteiger partial charge in [-0.25, -0.2) is 0 Å². The van der Waals surface area contributed by atoms with Crippen LogP contribution < -0.4 is 5.32 Å². The quantitative estimate of drug-likeness (QED) is 0.861. The summed E-state index contributed by atoms with van der Waals surface area (Å²) in [6.45, 7) is 6.64. The summed E-state index contributed by atoms with van der Waals surface area (Å²) in [6, 6.07) is 3.91. The van der Waals surface area contributed by atoms with Crippen molar-refractivity contribution < 1.29 is 14.7 Å². The number of phenolic OH excluding ortho intramolecular Hbond substituents is 1. The lowest BCUT2D eigenvalue weighted by Crippen LogP contribution is -2.46. The zero-order chi connectivity index (χ0) is 15.3. The van der Waals surface area contributed by atoms with Crippen molar-refractivity contribution in [2.75, 3.05) is 13.1 Å². The summed E-state index contributed by atoms with van der Waals surface area (Å²) < 4.78 is 0.515. The van der Waals surface area contributed by atoms with E-state index in [1.54, 1.807) is 24.0 Å². The van der Waals surface area contributed by atoms with Crippen LogP contribution in [0.15, 0.2) is 22.7 Å². The second-order valence-electron chi connectivity index (χ2n) is 4.37. The average molecular weight is 343 g/mol. The molecule has 0 aliphatic carbocycles. The van der Waals surface area contributed by atoms with Crippen LogP contribution in [0.3, 0.4) is 0 Å². The van der Waals surface area contributed by atoms with Gasteiger partial charge in [0.2, 0.25) is 5.91 Å². The summed E-state index contributed by atoms with van der Waals surface area (Å²) in [5, 5.41) is 12.2. The molecule has 5 nitrogen and oxygen atoms in total. The van der Waals surface area contributed by atoms with Crippen LogP contribution in [-0.2, 0) is 4.79 Å². The van der Waals surface area contributed by atoms with E-state index in [-0.39, 0.29) is 17.6 Å². The minimum atomic E-state index is -0.604. The molecule has 2 N–H and O–H groups in total. The van der Waals surface area contributed by atoms with Gasteiger partial charge in [0.05, 0.1) is 4.47 Å². The van der Waals surface area contributed by atoms with Gasteiger partial charge in [0, 0.05) is 18.7 Å². The standard InChI is InChI=1S/C14H19BrN2O3/c1-4-17(5-2)14(20)9(3)16-13(19)10-6-7-11(15)12(18)8-10/h6-9,18H,4-5H2,1-3H3,(H,16,19). The number of nitrogens with zero attached hydrogens (tertiary/aromatic N) is 1. The number of likely N-dealkylation sites (N-methyl/N-ethyl adjacent to an activating group) is 1. The number of phenols is 1. The van der Waals surface area contributed by atoms with Crippen molar-refractivity contribution in [1.82, 2.24) is 10.2 Å². The van der Waals surface area contributed by atoms with Gasteiger partial charge in [-0.1, -0.05) is 0 Å². The van der Waals surface area contributed by atoms with Gasteiger partial charge in [0.25, 0.3) is 5.91 Å². The van der Waals surface area contributed by atoms with Crippen LogP contribution in [-0.4, -0.2) is 41.0 Å². The molecule has 0 saturated carbocycles. The maximum Gasteiger partial charge on any atom is 0.252 e. The van der Waals surface area contributed by atoms with Crippen molar-refractivity contribution >= 4 is 27.7 Å². The van der Waals surface area contributed by atoms with E-state index in [4.69, 9.17) is 0 Å². The number of carbonyl (C=O) groups is 2. The molecule has 1 unspecified atom stereocenters. The molecule has 0 radical (unpaired) electrons. The Morgan fingerprint density at radius 2 is 1.95 bits per heavy atom. The molecule has 0 heterocycles. The molecule has 1 aromatic rings. The second kappa shape index (κ2) is 7.28. The molecule has 1 rings (SSSR count). The van der Waals surface area contributed by atoms with Gasteiger partial charge in [0.15, 0.2) is 0 Å². The largest absolute Gasteiger partial charge is 0.507 e. The molecule has 0 bridgehead atoms. The maximum atomic E-state index is 12.0. The fourth-order valence-electron chi connectivity index (χ4n) is 1.80. The van der Waals surface area contributed by atoms with Crippen LogP contribution in [0, 0.1) is 0 Å². The molecule has 20 heavy (non-hydrogen) atoms. The van der Waals surface area contributed by atoms with Crippen LogP contribution in [0.2, 0.25) is 0 Å². The molecule has 1 aromatic carbocycles. The van der Waals surface area contributed by atoms with E-state index < -0.39 is 6.04 Å². The van der Waals surface area contributed by atoms with Crippen molar-refractivity contribution in [3.63, 3.8) is 0 Å². The fraction of sp³-hybridized carbons (Fsp3) is 0.429. The number of carbonyl (C=O) groups excluding carboxylic acids is 2. The lowest BCUT2D eigenvalue weighted by Gasteiger charge is -2.23. The minimum absolute atomic E-state index is 0.0135. The smallest absolute Gasteiger partial charge is 0.252 e. The Morgan fingerprint density at radius 3 is 2.45 bits per heavy atom. The molecular weight excluding hydrogens is 324 g/mol. The Kier molecular flexibility index (Phi) is 6.01. The van der Waals surface area contributed by atoms with Crippen LogP contribution in [0.25, 0.3) is 0 Å². The highest BCUT2D eigenvalue weighted by Crippen LogP contribution is 2.24. The van der Waals surface area contributed by atoms with Gasteiger partial charge < -0.3 is 15.3 Å². The minimum Gasteiger partial charge on any atom is -0.507 e. The molecule has 110 valence electrons. The predicted molar refractivity (Wildman–Crippen MR) is 80.7 cm³/mol. The second-order valence-corrected chi connectivity index (χ2v) is 5.23. The highest BCUT2D eigenvalue weighted by molar-refractivity contribution is 9.10. The molecule has 0 spiro atoms. The van der Waals surface area contributed by atoms with E-state index in [9.17, 15) is 14.7 Å². The average Bonchev–Trinajstić information content (AvgIpc) is 2.42. The van der Waals surface area contributed by atoms with Crippen LogP contribution in [0.4, 0.5) is 0 Å². The number of hydrogen-bond acceptors (Lipinski definition) is 3. The number of nitrogens with one attached hydrogen (secondary N) is 1. The van der Waals surface area contributed by atoms with Gasteiger partial charge in [-0.2, -0.15) is 0 Å². The first kappa shape index (κ1) is 16.5. The molecule has 2 amide bonds. The van der Waals surface area contributed by atoms with E-state index in [0.29, 0.717) is 23.1 Å². The van der Waals surface area contributed by atoms with E-state index in [0.717, 1.165) is 0 Å². The van der Waals surface area contributed by atoms with Gasteiger partial charge >= 0.3 is 0 Å². The summed E-state index contributed by atoms with van der Waals surface area (Å²) in [6.07, 6.45) is 0. The number of halogens is 1. The Morgan fingerprint density at radius 1 is 1.35 bits per heavy atom. The van der Waals surface area contributed by atoms with Gasteiger partial charge in [-0.15, -0.1) is 0 Å². The molecule has 0 fully saturated rings. The van der Waals surface area contributed by atoms with Crippen molar-refractivity contribution in [1.29, 1.82) is 0 Å². The molecule has 1 atom stereocenters. The zero-order valence-corrected chi connectivity index (χ0v) is 13.4. The third kappa shape index (κ3) is 3.96. The first-order valence-electron chi connectivity index (χ1n) is 6.48. The summed E-state index contributed by atoms with van der Waals surface area (Å²) in [7, 11) is 0. The number of amides is 2. The SMILES string of the molecule is CCN(CC)C(=O)C(C)NC(=O)c1ccc(Br)c(O)c1. The van der Waals surface area contributed by atoms with Crippen molar-refractivity contribution in [3.05, 3.63) is 28.2 Å². The molecule has 0 aromatic heterocycles. The fourth-order valence-corrected chi connectivity index (χ4v) is 2.05. The molecular formula is C14H19BrN2O3. The molecule has 6 heteroatoms. The maximum absolute atomic E-state index is 12.0. The normalized spacial score (nSPS) is 11.8. The van der Waals surface area contributed by atoms with Crippen molar-refractivity contribution in [2.24, 2.45) is 0 Å². The summed E-state index contributed by atoms with van der Waals surface area (Å²) in [4.78, 5) is 25.7. The Labute approximate surface area is 127 Å². The Balaban J connectivity index is 2.74. The zero-order valence-electron chi connectivity index (χ0n) is 11.8. The van der Waals surface area contributed by atoms with E-state index >= 15 is 0 Å². The molecule has 0 saturated heterocycles. The third-order valence-corrected chi connectivity index (χ3v) is 3.67. The number of rotatable bonds is 5. The first-order valence-corrected chi connectivity index (χ1v) is 7.28. The van der Waals surface area contributed by atoms with E-state index in [1.807, 2.05) is 13.8 Å². The monoisotopic (exact) mass is 342 g/mol. The van der Waals surface area contributed by atoms with E-state index in [2.05, 4.69) is 21.2 Å². The highest BCUT2D eigenvalue weighted by Gasteiger charge is 2.20. The molecule has 0 aliphatic rings. The summed E-state index contributed by atoms with van der Waals surface area (Å²) in [5.41, 5.74) is 0.310. The number of benzene rings is 1. The number of hydrogen-bond donors (Lipinski definition) is 2. The van der Waals surface area contributed by atoms with Gasteiger partial charge in [-0.3, -0.25) is 9.59 Å². The Bertz CT molecular complexity index is 501. The topological polar surface area (TPSA) is 69.6 Å². The van der Waals surface area contributed by atoms with Crippen LogP contribution in [0.1, 0.15) is 31.1 Å². The first-order chi connectivity index (χ1) is 9.40. The number of aromatic hydroxyl groups is 1. The van der Waals surface area contributed by atoms with Gasteiger partial charge in [0.1, 0.15) is 11.8 Å². The van der Waals surface area contributed by atoms with Crippen LogP contribution in [0.5, 0.6) is 5.75 Å². The lowest BCUT2D eigenvalue weighted by atomic mass is 10.2. The summed E-state index contributed by atoms with van der Waals surface area (Å²) >= 11 is 3.15. The van der Waals surface area contributed by atoms with Crippen LogP contribution >= 0.6 is 15.9 Å². The Hall–Kier alpha value is -1.56. The predicted octanol–water partition coefficient (Wildman–Crippen LogP) is 2.14. The summed E-state index contributed by atoms with van der Waals surface area (Å²) in [5.74, 6) is -0.522. The molecule has 0 aliphatic heterocycles. The highest BCUT2D eigenvalue weighted by atomic mass is 79.9. The third-order valence-electron chi connectivity index (χ3n) is 3.00. The van der Waals surface area contributed by atoms with E-state index in [1.165, 1.54) is 6.07 Å². The van der Waals surface area contributed by atoms with Crippen molar-refractivity contribution in [2.45, 2.75) is 26.8 Å².